The molecule has 1 aliphatic rings. The van der Waals surface area contributed by atoms with Crippen LogP contribution < -0.4 is 0 Å². The standard InChI is InChI=1S/C6H10F2O2/c7-6(8)5-3-4(9)1-2-10-5/h4-6,9H,1-3H2. The fraction of sp³-hybridized carbons (Fsp3) is 1.00. The molecular weight excluding hydrogens is 142 g/mol. The van der Waals surface area contributed by atoms with Crippen LogP contribution in [-0.2, 0) is 4.74 Å². The zero-order valence-corrected chi connectivity index (χ0v) is 5.46. The van der Waals surface area contributed by atoms with Crippen molar-refractivity contribution in [3.8, 4) is 0 Å². The zero-order valence-electron chi connectivity index (χ0n) is 5.46. The predicted octanol–water partition coefficient (Wildman–Crippen LogP) is 0.791. The summed E-state index contributed by atoms with van der Waals surface area (Å²) >= 11 is 0. The van der Waals surface area contributed by atoms with Crippen molar-refractivity contribution in [2.75, 3.05) is 6.61 Å². The van der Waals surface area contributed by atoms with E-state index in [4.69, 9.17) is 9.84 Å². The van der Waals surface area contributed by atoms with Crippen LogP contribution in [-0.4, -0.2) is 30.3 Å². The Balaban J connectivity index is 2.32. The molecule has 1 rings (SSSR count). The number of hydrogen-bond donors (Lipinski definition) is 1. The summed E-state index contributed by atoms with van der Waals surface area (Å²) in [4.78, 5) is 0. The van der Waals surface area contributed by atoms with E-state index in [0.29, 0.717) is 6.42 Å². The van der Waals surface area contributed by atoms with Crippen molar-refractivity contribution in [1.82, 2.24) is 0 Å². The van der Waals surface area contributed by atoms with Gasteiger partial charge in [-0.05, 0) is 6.42 Å². The molecule has 1 saturated heterocycles. The van der Waals surface area contributed by atoms with E-state index in [1.165, 1.54) is 0 Å². The van der Waals surface area contributed by atoms with Crippen molar-refractivity contribution >= 4 is 0 Å². The molecule has 1 heterocycles. The summed E-state index contributed by atoms with van der Waals surface area (Å²) in [7, 11) is 0. The maximum absolute atomic E-state index is 11.9. The van der Waals surface area contributed by atoms with Crippen LogP contribution in [0.4, 0.5) is 8.78 Å². The lowest BCUT2D eigenvalue weighted by molar-refractivity contribution is -0.109. The minimum atomic E-state index is -2.46. The van der Waals surface area contributed by atoms with Crippen molar-refractivity contribution < 1.29 is 18.6 Å². The molecule has 60 valence electrons. The summed E-state index contributed by atoms with van der Waals surface area (Å²) in [6, 6.07) is 0. The number of alkyl halides is 2. The summed E-state index contributed by atoms with van der Waals surface area (Å²) in [5.41, 5.74) is 0. The third-order valence-corrected chi connectivity index (χ3v) is 1.57. The Hall–Kier alpha value is -0.220. The van der Waals surface area contributed by atoms with Crippen LogP contribution in [0, 0.1) is 0 Å². The predicted molar refractivity (Wildman–Crippen MR) is 31.0 cm³/mol. The van der Waals surface area contributed by atoms with Crippen molar-refractivity contribution in [1.29, 1.82) is 0 Å². The van der Waals surface area contributed by atoms with Gasteiger partial charge in [0.2, 0.25) is 0 Å². The van der Waals surface area contributed by atoms with Gasteiger partial charge in [0, 0.05) is 13.0 Å². The number of hydrogen-bond acceptors (Lipinski definition) is 2. The van der Waals surface area contributed by atoms with E-state index in [2.05, 4.69) is 0 Å². The second-order valence-corrected chi connectivity index (χ2v) is 2.42. The van der Waals surface area contributed by atoms with Gasteiger partial charge in [-0.25, -0.2) is 8.78 Å². The molecule has 0 aromatic rings. The van der Waals surface area contributed by atoms with Crippen LogP contribution in [0.1, 0.15) is 12.8 Å². The molecule has 1 aliphatic heterocycles. The second-order valence-electron chi connectivity index (χ2n) is 2.42. The first-order chi connectivity index (χ1) is 4.70. The highest BCUT2D eigenvalue weighted by Crippen LogP contribution is 2.18. The van der Waals surface area contributed by atoms with Crippen LogP contribution in [0.5, 0.6) is 0 Å². The fourth-order valence-corrected chi connectivity index (χ4v) is 0.985. The molecule has 2 atom stereocenters. The molecule has 0 aromatic carbocycles. The largest absolute Gasteiger partial charge is 0.393 e. The molecule has 0 bridgehead atoms. The van der Waals surface area contributed by atoms with Gasteiger partial charge in [-0.15, -0.1) is 0 Å². The summed E-state index contributed by atoms with van der Waals surface area (Å²) in [5, 5.41) is 8.92. The Kier molecular flexibility index (Phi) is 2.56. The van der Waals surface area contributed by atoms with Gasteiger partial charge in [-0.1, -0.05) is 0 Å². The van der Waals surface area contributed by atoms with Crippen LogP contribution in [0.2, 0.25) is 0 Å². The van der Waals surface area contributed by atoms with Gasteiger partial charge in [0.25, 0.3) is 6.43 Å². The molecule has 0 aliphatic carbocycles. The Morgan fingerprint density at radius 3 is 2.60 bits per heavy atom. The average Bonchev–Trinajstić information content (AvgIpc) is 1.88. The van der Waals surface area contributed by atoms with Gasteiger partial charge in [0.05, 0.1) is 6.10 Å². The molecular formula is C6H10F2O2. The molecule has 0 aromatic heterocycles. The highest BCUT2D eigenvalue weighted by atomic mass is 19.3. The van der Waals surface area contributed by atoms with E-state index in [-0.39, 0.29) is 13.0 Å². The first-order valence-electron chi connectivity index (χ1n) is 3.28. The van der Waals surface area contributed by atoms with E-state index in [0.717, 1.165) is 0 Å². The minimum Gasteiger partial charge on any atom is -0.393 e. The quantitative estimate of drug-likeness (QED) is 0.602. The minimum absolute atomic E-state index is 0.0671. The number of ether oxygens (including phenoxy) is 1. The molecule has 4 heteroatoms. The Bertz CT molecular complexity index is 108. The van der Waals surface area contributed by atoms with Crippen molar-refractivity contribution in [3.05, 3.63) is 0 Å². The molecule has 10 heavy (non-hydrogen) atoms. The third kappa shape index (κ3) is 1.88. The normalized spacial score (nSPS) is 34.8. The zero-order chi connectivity index (χ0) is 7.56. The number of aliphatic hydroxyl groups is 1. The number of rotatable bonds is 1. The summed E-state index contributed by atoms with van der Waals surface area (Å²) in [6.45, 7) is 0.246. The maximum Gasteiger partial charge on any atom is 0.264 e. The Labute approximate surface area is 57.8 Å². The highest BCUT2D eigenvalue weighted by Gasteiger charge is 2.27. The van der Waals surface area contributed by atoms with Gasteiger partial charge < -0.3 is 9.84 Å². The van der Waals surface area contributed by atoms with Gasteiger partial charge in [0.1, 0.15) is 6.10 Å². The third-order valence-electron chi connectivity index (χ3n) is 1.57. The van der Waals surface area contributed by atoms with E-state index in [1.54, 1.807) is 0 Å². The lowest BCUT2D eigenvalue weighted by Crippen LogP contribution is -2.33. The lowest BCUT2D eigenvalue weighted by atomic mass is 10.1. The monoisotopic (exact) mass is 152 g/mol. The Morgan fingerprint density at radius 2 is 2.20 bits per heavy atom. The SMILES string of the molecule is OC1CCOC(C(F)F)C1. The molecule has 0 amide bonds. The first kappa shape index (κ1) is 7.88. The molecule has 0 radical (unpaired) electrons. The molecule has 1 N–H and O–H groups in total. The van der Waals surface area contributed by atoms with Crippen LogP contribution >= 0.6 is 0 Å². The lowest BCUT2D eigenvalue weighted by Gasteiger charge is -2.25. The van der Waals surface area contributed by atoms with Crippen LogP contribution in [0.3, 0.4) is 0 Å². The van der Waals surface area contributed by atoms with Gasteiger partial charge in [-0.2, -0.15) is 0 Å². The molecule has 0 saturated carbocycles. The van der Waals surface area contributed by atoms with Crippen molar-refractivity contribution in [2.45, 2.75) is 31.5 Å². The molecule has 2 nitrogen and oxygen atoms in total. The summed E-state index contributed by atoms with van der Waals surface area (Å²) in [5.74, 6) is 0. The molecule has 0 spiro atoms. The smallest absolute Gasteiger partial charge is 0.264 e. The summed E-state index contributed by atoms with van der Waals surface area (Å²) < 4.78 is 28.4. The van der Waals surface area contributed by atoms with Gasteiger partial charge >= 0.3 is 0 Å². The van der Waals surface area contributed by atoms with E-state index in [9.17, 15) is 8.78 Å². The maximum atomic E-state index is 11.9. The van der Waals surface area contributed by atoms with Crippen LogP contribution in [0.25, 0.3) is 0 Å². The number of aliphatic hydroxyl groups excluding tert-OH is 1. The number of halogens is 2. The Morgan fingerprint density at radius 1 is 1.50 bits per heavy atom. The van der Waals surface area contributed by atoms with E-state index in [1.807, 2.05) is 0 Å². The van der Waals surface area contributed by atoms with Crippen molar-refractivity contribution in [3.63, 3.8) is 0 Å². The average molecular weight is 152 g/mol. The van der Waals surface area contributed by atoms with E-state index < -0.39 is 18.6 Å². The van der Waals surface area contributed by atoms with Gasteiger partial charge in [0.15, 0.2) is 0 Å². The van der Waals surface area contributed by atoms with Gasteiger partial charge in [-0.3, -0.25) is 0 Å². The summed E-state index contributed by atoms with van der Waals surface area (Å²) in [6.07, 6.45) is -3.58. The van der Waals surface area contributed by atoms with Crippen molar-refractivity contribution in [2.24, 2.45) is 0 Å². The highest BCUT2D eigenvalue weighted by molar-refractivity contribution is 4.71. The topological polar surface area (TPSA) is 29.5 Å². The first-order valence-corrected chi connectivity index (χ1v) is 3.28. The molecule has 2 unspecified atom stereocenters. The van der Waals surface area contributed by atoms with Crippen LogP contribution in [0.15, 0.2) is 0 Å². The molecule has 1 fully saturated rings. The van der Waals surface area contributed by atoms with E-state index >= 15 is 0 Å². The fourth-order valence-electron chi connectivity index (χ4n) is 0.985. The second kappa shape index (κ2) is 3.25.